The van der Waals surface area contributed by atoms with E-state index >= 15 is 0 Å². The van der Waals surface area contributed by atoms with Crippen molar-refractivity contribution in [2.75, 3.05) is 6.54 Å². The molecule has 10 heavy (non-hydrogen) atoms. The van der Waals surface area contributed by atoms with E-state index in [4.69, 9.17) is 15.9 Å². The Morgan fingerprint density at radius 1 is 1.70 bits per heavy atom. The van der Waals surface area contributed by atoms with Gasteiger partial charge in [0.15, 0.2) is 0 Å². The molecule has 5 nitrogen and oxygen atoms in total. The molecule has 0 aromatic carbocycles. The Bertz CT molecular complexity index is 115. The smallest absolute Gasteiger partial charge is 0.312 e. The van der Waals surface area contributed by atoms with Crippen LogP contribution in [0.4, 0.5) is 4.79 Å². The number of primary amides is 1. The van der Waals surface area contributed by atoms with Crippen LogP contribution in [0.1, 0.15) is 6.92 Å². The third-order valence-electron chi connectivity index (χ3n) is 1.04. The third kappa shape index (κ3) is 4.11. The van der Waals surface area contributed by atoms with Crippen molar-refractivity contribution in [3.63, 3.8) is 0 Å². The zero-order valence-electron chi connectivity index (χ0n) is 5.74. The fourth-order valence-electron chi connectivity index (χ4n) is 0.376. The number of amides is 2. The van der Waals surface area contributed by atoms with E-state index in [1.54, 1.807) is 0 Å². The van der Waals surface area contributed by atoms with Gasteiger partial charge >= 0.3 is 6.03 Å². The van der Waals surface area contributed by atoms with Crippen LogP contribution < -0.4 is 11.1 Å². The predicted molar refractivity (Wildman–Crippen MR) is 35.3 cm³/mol. The van der Waals surface area contributed by atoms with E-state index in [1.165, 1.54) is 6.92 Å². The average Bonchev–Trinajstić information content (AvgIpc) is 1.82. The highest BCUT2D eigenvalue weighted by Crippen LogP contribution is 1.88. The average molecular weight is 148 g/mol. The van der Waals surface area contributed by atoms with Gasteiger partial charge in [0, 0.05) is 6.54 Å². The standard InChI is InChI=1S/C5H12N2O3/c1-3(8)4(9)2-7-5(6)10/h3-4,8-9H,2H2,1H3,(H3,6,7,10). The predicted octanol–water partition coefficient (Wildman–Crippen LogP) is -1.60. The zero-order chi connectivity index (χ0) is 8.15. The molecule has 60 valence electrons. The van der Waals surface area contributed by atoms with Gasteiger partial charge in [-0.2, -0.15) is 0 Å². The Morgan fingerprint density at radius 2 is 2.20 bits per heavy atom. The highest BCUT2D eigenvalue weighted by molar-refractivity contribution is 5.71. The molecular formula is C5H12N2O3. The summed E-state index contributed by atoms with van der Waals surface area (Å²) in [5.41, 5.74) is 4.70. The molecule has 2 amide bonds. The van der Waals surface area contributed by atoms with E-state index in [0.717, 1.165) is 0 Å². The number of nitrogens with one attached hydrogen (secondary N) is 1. The summed E-state index contributed by atoms with van der Waals surface area (Å²) in [7, 11) is 0. The van der Waals surface area contributed by atoms with Gasteiger partial charge in [-0.3, -0.25) is 0 Å². The molecule has 2 atom stereocenters. The molecule has 0 aliphatic rings. The zero-order valence-corrected chi connectivity index (χ0v) is 5.74. The van der Waals surface area contributed by atoms with Crippen LogP contribution in [0, 0.1) is 0 Å². The largest absolute Gasteiger partial charge is 0.391 e. The molecule has 0 aliphatic heterocycles. The molecule has 5 heteroatoms. The summed E-state index contributed by atoms with van der Waals surface area (Å²) in [5.74, 6) is 0. The van der Waals surface area contributed by atoms with Gasteiger partial charge in [-0.1, -0.05) is 0 Å². The SMILES string of the molecule is CC(O)C(O)CNC(N)=O. The summed E-state index contributed by atoms with van der Waals surface area (Å²) in [4.78, 5) is 10.0. The molecule has 2 unspecified atom stereocenters. The van der Waals surface area contributed by atoms with Gasteiger partial charge in [0.05, 0.1) is 12.2 Å². The second-order valence-electron chi connectivity index (χ2n) is 2.05. The van der Waals surface area contributed by atoms with E-state index in [2.05, 4.69) is 5.32 Å². The molecule has 0 fully saturated rings. The van der Waals surface area contributed by atoms with Gasteiger partial charge in [0.2, 0.25) is 0 Å². The van der Waals surface area contributed by atoms with Crippen molar-refractivity contribution in [1.29, 1.82) is 0 Å². The number of aliphatic hydroxyl groups excluding tert-OH is 2. The topological polar surface area (TPSA) is 95.6 Å². The van der Waals surface area contributed by atoms with Crippen LogP contribution >= 0.6 is 0 Å². The quantitative estimate of drug-likeness (QED) is 0.388. The summed E-state index contributed by atoms with van der Waals surface area (Å²) in [5, 5.41) is 19.7. The fourth-order valence-corrected chi connectivity index (χ4v) is 0.376. The van der Waals surface area contributed by atoms with Gasteiger partial charge < -0.3 is 21.3 Å². The van der Waals surface area contributed by atoms with Gasteiger partial charge in [0.1, 0.15) is 0 Å². The Morgan fingerprint density at radius 3 is 2.50 bits per heavy atom. The first-order valence-electron chi connectivity index (χ1n) is 2.93. The molecule has 0 aliphatic carbocycles. The molecule has 5 N–H and O–H groups in total. The molecular weight excluding hydrogens is 136 g/mol. The highest BCUT2D eigenvalue weighted by Gasteiger charge is 2.10. The van der Waals surface area contributed by atoms with Crippen LogP contribution in [-0.4, -0.2) is 35.0 Å². The highest BCUT2D eigenvalue weighted by atomic mass is 16.3. The van der Waals surface area contributed by atoms with E-state index in [1.807, 2.05) is 0 Å². The van der Waals surface area contributed by atoms with E-state index in [-0.39, 0.29) is 6.54 Å². The Kier molecular flexibility index (Phi) is 3.75. The van der Waals surface area contributed by atoms with Crippen molar-refractivity contribution in [3.8, 4) is 0 Å². The van der Waals surface area contributed by atoms with Gasteiger partial charge in [0.25, 0.3) is 0 Å². The van der Waals surface area contributed by atoms with E-state index in [9.17, 15) is 4.79 Å². The molecule has 0 saturated heterocycles. The number of nitrogens with two attached hydrogens (primary N) is 1. The Labute approximate surface area is 58.8 Å². The maximum atomic E-state index is 10.0. The van der Waals surface area contributed by atoms with Crippen LogP contribution in [0.2, 0.25) is 0 Å². The van der Waals surface area contributed by atoms with Crippen molar-refractivity contribution in [1.82, 2.24) is 5.32 Å². The van der Waals surface area contributed by atoms with Crippen LogP contribution in [-0.2, 0) is 0 Å². The van der Waals surface area contributed by atoms with Crippen LogP contribution in [0.15, 0.2) is 0 Å². The lowest BCUT2D eigenvalue weighted by Gasteiger charge is -2.12. The lowest BCUT2D eigenvalue weighted by molar-refractivity contribution is 0.0337. The first-order chi connectivity index (χ1) is 4.54. The normalized spacial score (nSPS) is 15.9. The lowest BCUT2D eigenvalue weighted by Crippen LogP contribution is -2.40. The van der Waals surface area contributed by atoms with Crippen molar-refractivity contribution >= 4 is 6.03 Å². The number of hydrogen-bond acceptors (Lipinski definition) is 3. The minimum atomic E-state index is -0.951. The van der Waals surface area contributed by atoms with Crippen molar-refractivity contribution in [3.05, 3.63) is 0 Å². The maximum absolute atomic E-state index is 10.0. The maximum Gasteiger partial charge on any atom is 0.312 e. The van der Waals surface area contributed by atoms with Crippen LogP contribution in [0.5, 0.6) is 0 Å². The number of carbonyl (C=O) groups excluding carboxylic acids is 1. The third-order valence-corrected chi connectivity index (χ3v) is 1.04. The molecule has 0 radical (unpaired) electrons. The summed E-state index contributed by atoms with van der Waals surface area (Å²) in [6, 6.07) is -0.709. The molecule has 0 rings (SSSR count). The molecule has 0 spiro atoms. The van der Waals surface area contributed by atoms with E-state index < -0.39 is 18.2 Å². The van der Waals surface area contributed by atoms with Crippen LogP contribution in [0.25, 0.3) is 0 Å². The second kappa shape index (κ2) is 4.08. The first-order valence-corrected chi connectivity index (χ1v) is 2.93. The summed E-state index contributed by atoms with van der Waals surface area (Å²) < 4.78 is 0. The number of urea groups is 1. The van der Waals surface area contributed by atoms with Crippen LogP contribution in [0.3, 0.4) is 0 Å². The van der Waals surface area contributed by atoms with Crippen molar-refractivity contribution in [2.24, 2.45) is 5.73 Å². The summed E-state index contributed by atoms with van der Waals surface area (Å²) in [6.07, 6.45) is -1.81. The fraction of sp³-hybridized carbons (Fsp3) is 0.800. The minimum absolute atomic E-state index is 0.0208. The number of rotatable bonds is 3. The van der Waals surface area contributed by atoms with Crippen molar-refractivity contribution in [2.45, 2.75) is 19.1 Å². The van der Waals surface area contributed by atoms with Gasteiger partial charge in [-0.15, -0.1) is 0 Å². The first kappa shape index (κ1) is 9.19. The monoisotopic (exact) mass is 148 g/mol. The van der Waals surface area contributed by atoms with Gasteiger partial charge in [-0.25, -0.2) is 4.79 Å². The minimum Gasteiger partial charge on any atom is -0.391 e. The molecule has 0 aromatic rings. The number of carbonyl (C=O) groups is 1. The summed E-state index contributed by atoms with van der Waals surface area (Å²) >= 11 is 0. The molecule has 0 heterocycles. The van der Waals surface area contributed by atoms with Gasteiger partial charge in [-0.05, 0) is 6.92 Å². The van der Waals surface area contributed by atoms with Crippen molar-refractivity contribution < 1.29 is 15.0 Å². The lowest BCUT2D eigenvalue weighted by atomic mass is 10.2. The van der Waals surface area contributed by atoms with E-state index in [0.29, 0.717) is 0 Å². The Balaban J connectivity index is 3.39. The molecule has 0 aromatic heterocycles. The summed E-state index contributed by atoms with van der Waals surface area (Å²) in [6.45, 7) is 1.40. The number of hydrogen-bond donors (Lipinski definition) is 4. The second-order valence-corrected chi connectivity index (χ2v) is 2.05. The Hall–Kier alpha value is -0.810. The molecule has 0 saturated carbocycles. The molecule has 0 bridgehead atoms. The number of aliphatic hydroxyl groups is 2.